The molecule has 1 aromatic carbocycles. The predicted octanol–water partition coefficient (Wildman–Crippen LogP) is 4.78. The number of alkyl halides is 3. The minimum atomic E-state index is -4.49. The molecule has 0 radical (unpaired) electrons. The summed E-state index contributed by atoms with van der Waals surface area (Å²) in [5.41, 5.74) is 1.01. The fourth-order valence-corrected chi connectivity index (χ4v) is 5.43. The zero-order valence-electron chi connectivity index (χ0n) is 18.1. The highest BCUT2D eigenvalue weighted by atomic mass is 19.4. The number of hydrogen-bond acceptors (Lipinski definition) is 3. The number of benzene rings is 1. The lowest BCUT2D eigenvalue weighted by atomic mass is 9.67. The minimum absolute atomic E-state index is 0.0822. The van der Waals surface area contributed by atoms with E-state index in [2.05, 4.69) is 53.6 Å². The second kappa shape index (κ2) is 7.62. The first-order valence-corrected chi connectivity index (χ1v) is 10.7. The largest absolute Gasteiger partial charge is 0.433 e. The van der Waals surface area contributed by atoms with Gasteiger partial charge in [-0.15, -0.1) is 0 Å². The quantitative estimate of drug-likeness (QED) is 0.761. The van der Waals surface area contributed by atoms with E-state index < -0.39 is 17.8 Å². The van der Waals surface area contributed by atoms with Gasteiger partial charge in [-0.05, 0) is 75.9 Å². The molecule has 1 saturated heterocycles. The van der Waals surface area contributed by atoms with Gasteiger partial charge in [-0.3, -0.25) is 14.7 Å². The SMILES string of the molecule is Cc1cc(C(F)(F)F)ncc1C1C[C@]2(CC[C@](c3ccccc3)(N(C)C)CC2)NC1=O. The van der Waals surface area contributed by atoms with E-state index in [1.165, 1.54) is 11.8 Å². The van der Waals surface area contributed by atoms with Gasteiger partial charge in [-0.2, -0.15) is 13.2 Å². The minimum Gasteiger partial charge on any atom is -0.350 e. The van der Waals surface area contributed by atoms with E-state index in [0.717, 1.165) is 31.7 Å². The first-order valence-electron chi connectivity index (χ1n) is 10.7. The van der Waals surface area contributed by atoms with Gasteiger partial charge >= 0.3 is 6.18 Å². The molecule has 166 valence electrons. The van der Waals surface area contributed by atoms with Crippen molar-refractivity contribution in [1.82, 2.24) is 15.2 Å². The molecular weight excluding hydrogens is 403 g/mol. The molecular formula is C24H28F3N3O. The first-order chi connectivity index (χ1) is 14.6. The van der Waals surface area contributed by atoms with E-state index in [9.17, 15) is 18.0 Å². The predicted molar refractivity (Wildman–Crippen MR) is 112 cm³/mol. The number of hydrogen-bond donors (Lipinski definition) is 1. The number of aromatic nitrogens is 1. The molecule has 4 rings (SSSR count). The van der Waals surface area contributed by atoms with Crippen LogP contribution in [0.3, 0.4) is 0 Å². The molecule has 1 spiro atoms. The van der Waals surface area contributed by atoms with E-state index in [1.807, 2.05) is 6.07 Å². The van der Waals surface area contributed by atoms with Gasteiger partial charge in [0.15, 0.2) is 0 Å². The molecule has 1 atom stereocenters. The fraction of sp³-hybridized carbons (Fsp3) is 0.500. The third-order valence-corrected chi connectivity index (χ3v) is 7.32. The summed E-state index contributed by atoms with van der Waals surface area (Å²) in [6, 6.07) is 11.5. The number of pyridine rings is 1. The molecule has 1 N–H and O–H groups in total. The van der Waals surface area contributed by atoms with Gasteiger partial charge in [0, 0.05) is 17.3 Å². The highest BCUT2D eigenvalue weighted by Crippen LogP contribution is 2.49. The van der Waals surface area contributed by atoms with Gasteiger partial charge in [-0.1, -0.05) is 30.3 Å². The number of nitrogens with zero attached hydrogens (tertiary/aromatic N) is 2. The van der Waals surface area contributed by atoms with Crippen LogP contribution in [-0.2, 0) is 16.5 Å². The number of halogens is 3. The third kappa shape index (κ3) is 3.84. The Morgan fingerprint density at radius 2 is 1.74 bits per heavy atom. The molecule has 2 aliphatic rings. The Morgan fingerprint density at radius 3 is 2.29 bits per heavy atom. The Balaban J connectivity index is 1.55. The van der Waals surface area contributed by atoms with Crippen molar-refractivity contribution in [2.75, 3.05) is 14.1 Å². The van der Waals surface area contributed by atoms with Crippen LogP contribution in [-0.4, -0.2) is 35.4 Å². The zero-order chi connectivity index (χ0) is 22.4. The summed E-state index contributed by atoms with van der Waals surface area (Å²) < 4.78 is 38.9. The van der Waals surface area contributed by atoms with Crippen LogP contribution >= 0.6 is 0 Å². The average molecular weight is 432 g/mol. The lowest BCUT2D eigenvalue weighted by Crippen LogP contribution is -2.52. The maximum Gasteiger partial charge on any atom is 0.433 e. The van der Waals surface area contributed by atoms with Crippen molar-refractivity contribution in [1.29, 1.82) is 0 Å². The summed E-state index contributed by atoms with van der Waals surface area (Å²) in [5.74, 6) is -0.569. The van der Waals surface area contributed by atoms with Crippen molar-refractivity contribution in [2.45, 2.75) is 62.2 Å². The van der Waals surface area contributed by atoms with Crippen LogP contribution in [0.4, 0.5) is 13.2 Å². The van der Waals surface area contributed by atoms with Crippen molar-refractivity contribution < 1.29 is 18.0 Å². The molecule has 1 unspecified atom stereocenters. The first kappa shape index (κ1) is 21.8. The molecule has 1 saturated carbocycles. The lowest BCUT2D eigenvalue weighted by Gasteiger charge is -2.49. The van der Waals surface area contributed by atoms with Crippen LogP contribution in [0.2, 0.25) is 0 Å². The molecule has 2 heterocycles. The zero-order valence-corrected chi connectivity index (χ0v) is 18.1. The van der Waals surface area contributed by atoms with Crippen LogP contribution in [0.5, 0.6) is 0 Å². The maximum absolute atomic E-state index is 13.0. The summed E-state index contributed by atoms with van der Waals surface area (Å²) in [6.45, 7) is 1.62. The van der Waals surface area contributed by atoms with Crippen LogP contribution in [0, 0.1) is 6.92 Å². The molecule has 2 fully saturated rings. The summed E-state index contributed by atoms with van der Waals surface area (Å²) in [5, 5.41) is 3.21. The van der Waals surface area contributed by atoms with Gasteiger partial charge in [0.25, 0.3) is 0 Å². The Morgan fingerprint density at radius 1 is 1.10 bits per heavy atom. The summed E-state index contributed by atoms with van der Waals surface area (Å²) in [7, 11) is 4.19. The molecule has 4 nitrogen and oxygen atoms in total. The summed E-state index contributed by atoms with van der Waals surface area (Å²) >= 11 is 0. The second-order valence-corrected chi connectivity index (χ2v) is 9.24. The van der Waals surface area contributed by atoms with E-state index in [-0.39, 0.29) is 17.0 Å². The molecule has 2 aromatic rings. The molecule has 0 bridgehead atoms. The number of carbonyl (C=O) groups is 1. The van der Waals surface area contributed by atoms with Crippen molar-refractivity contribution in [3.05, 3.63) is 65.0 Å². The van der Waals surface area contributed by atoms with Gasteiger partial charge in [0.1, 0.15) is 5.69 Å². The van der Waals surface area contributed by atoms with Crippen molar-refractivity contribution in [3.63, 3.8) is 0 Å². The normalized spacial score (nSPS) is 28.9. The number of carbonyl (C=O) groups excluding carboxylic acids is 1. The van der Waals surface area contributed by atoms with Crippen molar-refractivity contribution >= 4 is 5.91 Å². The summed E-state index contributed by atoms with van der Waals surface area (Å²) in [4.78, 5) is 18.7. The Bertz CT molecular complexity index is 964. The van der Waals surface area contributed by atoms with Gasteiger partial charge in [0.2, 0.25) is 5.91 Å². The maximum atomic E-state index is 13.0. The molecule has 1 aromatic heterocycles. The second-order valence-electron chi connectivity index (χ2n) is 9.24. The molecule has 1 aliphatic heterocycles. The van der Waals surface area contributed by atoms with Gasteiger partial charge < -0.3 is 5.32 Å². The molecule has 1 aliphatic carbocycles. The van der Waals surface area contributed by atoms with E-state index in [1.54, 1.807) is 6.92 Å². The molecule has 1 amide bonds. The van der Waals surface area contributed by atoms with Crippen LogP contribution < -0.4 is 5.32 Å². The topological polar surface area (TPSA) is 45.2 Å². The molecule has 31 heavy (non-hydrogen) atoms. The Hall–Kier alpha value is -2.41. The number of amides is 1. The van der Waals surface area contributed by atoms with Gasteiger partial charge in [-0.25, -0.2) is 0 Å². The summed E-state index contributed by atoms with van der Waals surface area (Å²) in [6.07, 6.45) is 0.808. The number of nitrogens with one attached hydrogen (secondary N) is 1. The highest BCUT2D eigenvalue weighted by Gasteiger charge is 2.51. The van der Waals surface area contributed by atoms with Crippen molar-refractivity contribution in [2.24, 2.45) is 0 Å². The third-order valence-electron chi connectivity index (χ3n) is 7.32. The van der Waals surface area contributed by atoms with Crippen LogP contribution in [0.25, 0.3) is 0 Å². The molecule has 7 heteroatoms. The van der Waals surface area contributed by atoms with Crippen LogP contribution in [0.15, 0.2) is 42.6 Å². The standard InChI is InChI=1S/C24H28F3N3O/c1-16-13-20(24(25,26)27)28-15-19(16)18-14-22(29-21(18)31)9-11-23(12-10-22,30(2)3)17-7-5-4-6-8-17/h4-8,13,15,18H,9-12,14H2,1-3H3,(H,29,31)/t18?,22-,23+. The van der Waals surface area contributed by atoms with Gasteiger partial charge in [0.05, 0.1) is 5.92 Å². The lowest BCUT2D eigenvalue weighted by molar-refractivity contribution is -0.141. The number of aryl methyl sites for hydroxylation is 1. The van der Waals surface area contributed by atoms with Crippen molar-refractivity contribution in [3.8, 4) is 0 Å². The number of rotatable bonds is 3. The Labute approximate surface area is 180 Å². The van der Waals surface area contributed by atoms with E-state index >= 15 is 0 Å². The van der Waals surface area contributed by atoms with E-state index in [0.29, 0.717) is 17.5 Å². The van der Waals surface area contributed by atoms with Crippen LogP contribution in [0.1, 0.15) is 60.4 Å². The smallest absolute Gasteiger partial charge is 0.350 e. The monoisotopic (exact) mass is 431 g/mol. The fourth-order valence-electron chi connectivity index (χ4n) is 5.43. The highest BCUT2D eigenvalue weighted by molar-refractivity contribution is 5.87. The average Bonchev–Trinajstić information content (AvgIpc) is 3.04. The van der Waals surface area contributed by atoms with E-state index in [4.69, 9.17) is 0 Å². The Kier molecular flexibility index (Phi) is 5.36.